The van der Waals surface area contributed by atoms with E-state index in [1.807, 2.05) is 60.7 Å². The van der Waals surface area contributed by atoms with Gasteiger partial charge in [-0.1, -0.05) is 60.1 Å². The second kappa shape index (κ2) is 10.5. The third kappa shape index (κ3) is 5.68. The average molecular weight is 544 g/mol. The van der Waals surface area contributed by atoms with E-state index in [4.69, 9.17) is 11.6 Å². The molecule has 0 spiro atoms. The van der Waals surface area contributed by atoms with E-state index in [1.54, 1.807) is 24.1 Å². The van der Waals surface area contributed by atoms with Crippen LogP contribution < -0.4 is 10.6 Å². The maximum atomic E-state index is 13.2. The van der Waals surface area contributed by atoms with Crippen LogP contribution in [0.5, 0.6) is 0 Å². The van der Waals surface area contributed by atoms with Gasteiger partial charge in [0, 0.05) is 37.8 Å². The molecule has 0 aliphatic carbocycles. The van der Waals surface area contributed by atoms with Crippen LogP contribution in [0.2, 0.25) is 5.02 Å². The van der Waals surface area contributed by atoms with Crippen molar-refractivity contribution in [3.63, 3.8) is 0 Å². The number of aromatic nitrogens is 4. The van der Waals surface area contributed by atoms with Crippen LogP contribution in [0.3, 0.4) is 0 Å². The Morgan fingerprint density at radius 3 is 2.39 bits per heavy atom. The molecule has 1 saturated heterocycles. The Kier molecular flexibility index (Phi) is 7.13. The molecule has 0 saturated carbocycles. The molecular formula is C26H25ClF3N7O. The SMILES string of the molecule is Cn1cc(-c2nn(-c3ccccc3)c(NC(=O)N[C@H]3CN(CC(F)(F)F)C[C@@H]3c3ccccc3)c2Cl)cn1. The predicted molar refractivity (Wildman–Crippen MR) is 138 cm³/mol. The molecule has 2 atom stereocenters. The van der Waals surface area contributed by atoms with Crippen LogP contribution >= 0.6 is 11.6 Å². The molecule has 5 rings (SSSR count). The number of nitrogens with one attached hydrogen (secondary N) is 2. The fourth-order valence-corrected chi connectivity index (χ4v) is 5.03. The summed E-state index contributed by atoms with van der Waals surface area (Å²) in [6, 6.07) is 17.2. The van der Waals surface area contributed by atoms with E-state index in [1.165, 1.54) is 9.58 Å². The van der Waals surface area contributed by atoms with Crippen LogP contribution in [0.15, 0.2) is 73.1 Å². The van der Waals surface area contributed by atoms with Crippen LogP contribution in [0.25, 0.3) is 16.9 Å². The number of anilines is 1. The minimum atomic E-state index is -4.34. The quantitative estimate of drug-likeness (QED) is 0.355. The van der Waals surface area contributed by atoms with Crippen molar-refractivity contribution in [1.29, 1.82) is 0 Å². The van der Waals surface area contributed by atoms with Gasteiger partial charge in [0.1, 0.15) is 10.7 Å². The van der Waals surface area contributed by atoms with Crippen molar-refractivity contribution in [1.82, 2.24) is 29.8 Å². The zero-order chi connectivity index (χ0) is 26.9. The number of urea groups is 1. The molecule has 0 unspecified atom stereocenters. The number of alkyl halides is 3. The molecule has 8 nitrogen and oxygen atoms in total. The maximum absolute atomic E-state index is 13.2. The first-order chi connectivity index (χ1) is 18.2. The number of likely N-dealkylation sites (tertiary alicyclic amines) is 1. The molecule has 1 fully saturated rings. The maximum Gasteiger partial charge on any atom is 0.401 e. The average Bonchev–Trinajstić information content (AvgIpc) is 3.57. The smallest absolute Gasteiger partial charge is 0.333 e. The standard InChI is InChI=1S/C26H25ClF3N7O/c1-35-13-18(12-31-35)23-22(27)24(37(34-23)19-10-6-3-7-11-19)33-25(38)32-21-15-36(16-26(28,29)30)14-20(21)17-8-4-2-5-9-17/h2-13,20-21H,14-16H2,1H3,(H2,32,33,38)/t20-,21+/m1/s1. The lowest BCUT2D eigenvalue weighted by atomic mass is 9.94. The molecule has 12 heteroatoms. The predicted octanol–water partition coefficient (Wildman–Crippen LogP) is 5.08. The van der Waals surface area contributed by atoms with Gasteiger partial charge in [-0.15, -0.1) is 0 Å². The van der Waals surface area contributed by atoms with Gasteiger partial charge in [-0.3, -0.25) is 14.9 Å². The Morgan fingerprint density at radius 1 is 1.08 bits per heavy atom. The lowest BCUT2D eigenvalue weighted by molar-refractivity contribution is -0.143. The summed E-state index contributed by atoms with van der Waals surface area (Å²) in [5.74, 6) is -0.0830. The van der Waals surface area contributed by atoms with Gasteiger partial charge in [0.2, 0.25) is 0 Å². The van der Waals surface area contributed by atoms with Crippen molar-refractivity contribution in [2.75, 3.05) is 25.0 Å². The summed E-state index contributed by atoms with van der Waals surface area (Å²) >= 11 is 6.71. The van der Waals surface area contributed by atoms with Gasteiger partial charge in [-0.25, -0.2) is 9.48 Å². The first-order valence-electron chi connectivity index (χ1n) is 11.9. The number of rotatable bonds is 6. The lowest BCUT2D eigenvalue weighted by Crippen LogP contribution is -2.43. The molecule has 4 aromatic rings. The van der Waals surface area contributed by atoms with Gasteiger partial charge < -0.3 is 5.32 Å². The van der Waals surface area contributed by atoms with Crippen molar-refractivity contribution in [2.24, 2.45) is 7.05 Å². The number of amides is 2. The number of carbonyl (C=O) groups is 1. The van der Waals surface area contributed by atoms with E-state index < -0.39 is 24.8 Å². The minimum Gasteiger partial charge on any atom is -0.333 e. The minimum absolute atomic E-state index is 0.0547. The third-order valence-corrected chi connectivity index (χ3v) is 6.74. The molecule has 3 heterocycles. The summed E-state index contributed by atoms with van der Waals surface area (Å²) in [4.78, 5) is 14.6. The molecule has 38 heavy (non-hydrogen) atoms. The number of benzene rings is 2. The number of hydrogen-bond donors (Lipinski definition) is 2. The Balaban J connectivity index is 1.42. The summed E-state index contributed by atoms with van der Waals surface area (Å²) in [6.07, 6.45) is -0.964. The monoisotopic (exact) mass is 543 g/mol. The van der Waals surface area contributed by atoms with Crippen molar-refractivity contribution < 1.29 is 18.0 Å². The van der Waals surface area contributed by atoms with Crippen LogP contribution in [0.4, 0.5) is 23.8 Å². The van der Waals surface area contributed by atoms with Crippen LogP contribution in [-0.2, 0) is 7.05 Å². The zero-order valence-corrected chi connectivity index (χ0v) is 21.1. The van der Waals surface area contributed by atoms with Crippen molar-refractivity contribution >= 4 is 23.4 Å². The number of para-hydroxylation sites is 1. The molecule has 198 valence electrons. The van der Waals surface area contributed by atoms with Gasteiger partial charge in [0.05, 0.1) is 24.5 Å². The molecule has 0 bridgehead atoms. The highest BCUT2D eigenvalue weighted by atomic mass is 35.5. The second-order valence-electron chi connectivity index (χ2n) is 9.19. The summed E-state index contributed by atoms with van der Waals surface area (Å²) in [7, 11) is 1.77. The van der Waals surface area contributed by atoms with Crippen molar-refractivity contribution in [2.45, 2.75) is 18.1 Å². The molecular weight excluding hydrogens is 519 g/mol. The van der Waals surface area contributed by atoms with Crippen LogP contribution in [-0.4, -0.2) is 62.3 Å². The Hall–Kier alpha value is -3.83. The summed E-state index contributed by atoms with van der Waals surface area (Å²) < 4.78 is 42.5. The Labute approximate surface area is 222 Å². The van der Waals surface area contributed by atoms with Crippen LogP contribution in [0.1, 0.15) is 11.5 Å². The van der Waals surface area contributed by atoms with Gasteiger partial charge >= 0.3 is 12.2 Å². The molecule has 2 aromatic heterocycles. The van der Waals surface area contributed by atoms with Gasteiger partial charge in [0.15, 0.2) is 5.82 Å². The van der Waals surface area contributed by atoms with E-state index in [0.29, 0.717) is 16.9 Å². The van der Waals surface area contributed by atoms with E-state index in [-0.39, 0.29) is 29.8 Å². The lowest BCUT2D eigenvalue weighted by Gasteiger charge is -2.21. The van der Waals surface area contributed by atoms with Crippen LogP contribution in [0, 0.1) is 0 Å². The van der Waals surface area contributed by atoms with E-state index in [9.17, 15) is 18.0 Å². The normalized spacial score (nSPS) is 18.0. The van der Waals surface area contributed by atoms with E-state index in [2.05, 4.69) is 20.8 Å². The summed E-state index contributed by atoms with van der Waals surface area (Å²) in [5.41, 5.74) is 2.62. The van der Waals surface area contributed by atoms with Gasteiger partial charge in [-0.2, -0.15) is 23.4 Å². The van der Waals surface area contributed by atoms with Gasteiger partial charge in [0.25, 0.3) is 0 Å². The molecule has 1 aliphatic heterocycles. The van der Waals surface area contributed by atoms with Crippen molar-refractivity contribution in [3.05, 3.63) is 83.6 Å². The largest absolute Gasteiger partial charge is 0.401 e. The van der Waals surface area contributed by atoms with Gasteiger partial charge in [-0.05, 0) is 17.7 Å². The first-order valence-corrected chi connectivity index (χ1v) is 12.3. The number of nitrogens with zero attached hydrogens (tertiary/aromatic N) is 5. The molecule has 1 aliphatic rings. The Bertz CT molecular complexity index is 1410. The zero-order valence-electron chi connectivity index (χ0n) is 20.4. The fourth-order valence-electron chi connectivity index (χ4n) is 4.76. The van der Waals surface area contributed by atoms with E-state index in [0.717, 1.165) is 5.56 Å². The number of hydrogen-bond acceptors (Lipinski definition) is 4. The number of carbonyl (C=O) groups excluding carboxylic acids is 1. The third-order valence-electron chi connectivity index (χ3n) is 6.38. The Morgan fingerprint density at radius 2 is 1.76 bits per heavy atom. The number of halogens is 4. The van der Waals surface area contributed by atoms with E-state index >= 15 is 0 Å². The highest BCUT2D eigenvalue weighted by Gasteiger charge is 2.40. The molecule has 2 aromatic carbocycles. The summed E-state index contributed by atoms with van der Waals surface area (Å²) in [5, 5.41) is 14.7. The van der Waals surface area contributed by atoms with Crippen molar-refractivity contribution in [3.8, 4) is 16.9 Å². The molecule has 0 radical (unpaired) electrons. The molecule has 2 amide bonds. The highest BCUT2D eigenvalue weighted by molar-refractivity contribution is 6.36. The topological polar surface area (TPSA) is 80.0 Å². The molecule has 2 N–H and O–H groups in total. The highest BCUT2D eigenvalue weighted by Crippen LogP contribution is 2.35. The summed E-state index contributed by atoms with van der Waals surface area (Å²) in [6.45, 7) is -0.821. The second-order valence-corrected chi connectivity index (χ2v) is 9.57. The number of aryl methyl sites for hydroxylation is 1. The first kappa shape index (κ1) is 25.8. The fraction of sp³-hybridized carbons (Fsp3) is 0.269.